The summed E-state index contributed by atoms with van der Waals surface area (Å²) in [6.07, 6.45) is -0.372. The van der Waals surface area contributed by atoms with E-state index in [4.69, 9.17) is 9.84 Å². The molecule has 7 nitrogen and oxygen atoms in total. The maximum Gasteiger partial charge on any atom is 0.333 e. The van der Waals surface area contributed by atoms with Gasteiger partial charge in [-0.25, -0.2) is 4.79 Å². The van der Waals surface area contributed by atoms with E-state index in [1.165, 1.54) is 14.0 Å². The molecule has 114 valence electrons. The van der Waals surface area contributed by atoms with Crippen molar-refractivity contribution in [2.24, 2.45) is 0 Å². The summed E-state index contributed by atoms with van der Waals surface area (Å²) in [4.78, 5) is 34.3. The van der Waals surface area contributed by atoms with Crippen LogP contribution >= 0.6 is 0 Å². The van der Waals surface area contributed by atoms with Crippen LogP contribution in [0.3, 0.4) is 0 Å². The maximum absolute atomic E-state index is 11.8. The molecule has 0 heterocycles. The van der Waals surface area contributed by atoms with Crippen molar-refractivity contribution in [1.82, 2.24) is 10.6 Å². The number of carbonyl (C=O) groups is 3. The molecule has 0 saturated carbocycles. The van der Waals surface area contributed by atoms with E-state index >= 15 is 0 Å². The first-order valence-electron chi connectivity index (χ1n) is 6.40. The molecule has 0 bridgehead atoms. The van der Waals surface area contributed by atoms with Crippen LogP contribution in [-0.4, -0.2) is 42.1 Å². The topological polar surface area (TPSA) is 105 Å². The van der Waals surface area contributed by atoms with E-state index in [0.29, 0.717) is 5.75 Å². The van der Waals surface area contributed by atoms with Crippen LogP contribution in [0, 0.1) is 0 Å². The van der Waals surface area contributed by atoms with Crippen LogP contribution in [0.25, 0.3) is 0 Å². The Balaban J connectivity index is 2.55. The van der Waals surface area contributed by atoms with Gasteiger partial charge in [0.1, 0.15) is 11.8 Å². The van der Waals surface area contributed by atoms with Crippen LogP contribution in [-0.2, 0) is 14.4 Å². The van der Waals surface area contributed by atoms with Crippen molar-refractivity contribution in [2.75, 3.05) is 7.05 Å². The molecule has 1 rings (SSSR count). The number of nitrogens with one attached hydrogen (secondary N) is 2. The molecule has 2 atom stereocenters. The van der Waals surface area contributed by atoms with Crippen LogP contribution in [0.4, 0.5) is 0 Å². The van der Waals surface area contributed by atoms with E-state index in [9.17, 15) is 14.4 Å². The number of para-hydroxylation sites is 1. The highest BCUT2D eigenvalue weighted by Crippen LogP contribution is 2.09. The predicted molar refractivity (Wildman–Crippen MR) is 74.8 cm³/mol. The molecule has 0 saturated heterocycles. The first kappa shape index (κ1) is 16.6. The van der Waals surface area contributed by atoms with Crippen molar-refractivity contribution >= 4 is 17.8 Å². The molecular weight excluding hydrogens is 276 g/mol. The number of rotatable bonds is 7. The van der Waals surface area contributed by atoms with Gasteiger partial charge in [-0.1, -0.05) is 18.2 Å². The minimum Gasteiger partial charge on any atom is -0.481 e. The number of carboxylic acid groups (broad SMARTS) is 1. The minimum absolute atomic E-state index is 0.372. The van der Waals surface area contributed by atoms with Gasteiger partial charge in [-0.2, -0.15) is 0 Å². The lowest BCUT2D eigenvalue weighted by Gasteiger charge is -2.17. The molecule has 0 radical (unpaired) electrons. The first-order chi connectivity index (χ1) is 9.93. The molecule has 0 aliphatic carbocycles. The highest BCUT2D eigenvalue weighted by Gasteiger charge is 2.24. The predicted octanol–water partition coefficient (Wildman–Crippen LogP) is 0.159. The summed E-state index contributed by atoms with van der Waals surface area (Å²) in [7, 11) is 1.47. The smallest absolute Gasteiger partial charge is 0.333 e. The van der Waals surface area contributed by atoms with Crippen molar-refractivity contribution in [3.8, 4) is 5.75 Å². The number of ether oxygens (including phenoxy) is 1. The van der Waals surface area contributed by atoms with Gasteiger partial charge >= 0.3 is 11.9 Å². The average Bonchev–Trinajstić information content (AvgIpc) is 2.45. The Kier molecular flexibility index (Phi) is 6.35. The number of esters is 1. The molecule has 0 aliphatic heterocycles. The summed E-state index contributed by atoms with van der Waals surface area (Å²) in [5, 5.41) is 13.7. The molecule has 1 aromatic rings. The number of aliphatic carboxylic acids is 1. The number of hydrogen-bond acceptors (Lipinski definition) is 5. The van der Waals surface area contributed by atoms with Gasteiger partial charge in [0.05, 0.1) is 12.5 Å². The van der Waals surface area contributed by atoms with Crippen molar-refractivity contribution in [3.63, 3.8) is 0 Å². The zero-order valence-corrected chi connectivity index (χ0v) is 11.8. The Morgan fingerprint density at radius 2 is 1.86 bits per heavy atom. The number of benzene rings is 1. The number of amides is 1. The third-order valence-electron chi connectivity index (χ3n) is 2.72. The highest BCUT2D eigenvalue weighted by atomic mass is 16.5. The monoisotopic (exact) mass is 294 g/mol. The summed E-state index contributed by atoms with van der Waals surface area (Å²) >= 11 is 0. The Morgan fingerprint density at radius 3 is 2.38 bits per heavy atom. The third kappa shape index (κ3) is 5.62. The van der Waals surface area contributed by atoms with Crippen LogP contribution in [0.1, 0.15) is 13.3 Å². The van der Waals surface area contributed by atoms with Crippen LogP contribution < -0.4 is 15.4 Å². The Bertz CT molecular complexity index is 503. The number of carbonyl (C=O) groups excluding carboxylic acids is 2. The summed E-state index contributed by atoms with van der Waals surface area (Å²) in [6.45, 7) is 1.47. The average molecular weight is 294 g/mol. The second kappa shape index (κ2) is 8.01. The fraction of sp³-hybridized carbons (Fsp3) is 0.357. The summed E-state index contributed by atoms with van der Waals surface area (Å²) in [5.74, 6) is -1.93. The molecule has 7 heteroatoms. The molecule has 0 spiro atoms. The van der Waals surface area contributed by atoms with Gasteiger partial charge in [0.15, 0.2) is 0 Å². The largest absolute Gasteiger partial charge is 0.481 e. The lowest BCUT2D eigenvalue weighted by atomic mass is 10.2. The van der Waals surface area contributed by atoms with E-state index < -0.39 is 29.9 Å². The Labute approximate surface area is 122 Å². The van der Waals surface area contributed by atoms with Crippen molar-refractivity contribution in [1.29, 1.82) is 0 Å². The van der Waals surface area contributed by atoms with Gasteiger partial charge in [0.2, 0.25) is 5.91 Å². The van der Waals surface area contributed by atoms with Crippen molar-refractivity contribution in [2.45, 2.75) is 25.4 Å². The molecule has 0 fully saturated rings. The third-order valence-corrected chi connectivity index (χ3v) is 2.72. The number of likely N-dealkylation sites (N-methyl/N-ethyl adjacent to an activating group) is 1. The molecule has 1 aromatic carbocycles. The van der Waals surface area contributed by atoms with Gasteiger partial charge in [-0.3, -0.25) is 9.59 Å². The number of carboxylic acids is 1. The molecule has 0 unspecified atom stereocenters. The molecule has 21 heavy (non-hydrogen) atoms. The second-order valence-corrected chi connectivity index (χ2v) is 4.40. The molecule has 0 aliphatic rings. The maximum atomic E-state index is 11.8. The van der Waals surface area contributed by atoms with Gasteiger partial charge in [-0.15, -0.1) is 0 Å². The lowest BCUT2D eigenvalue weighted by molar-refractivity contribution is -0.141. The van der Waals surface area contributed by atoms with Crippen molar-refractivity contribution in [3.05, 3.63) is 30.3 Å². The number of hydrogen-bond donors (Lipinski definition) is 3. The van der Waals surface area contributed by atoms with Crippen LogP contribution in [0.2, 0.25) is 0 Å². The van der Waals surface area contributed by atoms with Gasteiger partial charge in [0, 0.05) is 0 Å². The quantitative estimate of drug-likeness (QED) is 0.489. The molecule has 1 amide bonds. The van der Waals surface area contributed by atoms with Crippen molar-refractivity contribution < 1.29 is 24.2 Å². The van der Waals surface area contributed by atoms with E-state index in [2.05, 4.69) is 10.6 Å². The Hall–Kier alpha value is -2.41. The molecule has 0 aromatic heterocycles. The van der Waals surface area contributed by atoms with E-state index in [1.54, 1.807) is 30.3 Å². The summed E-state index contributed by atoms with van der Waals surface area (Å²) in [6, 6.07) is 6.66. The van der Waals surface area contributed by atoms with E-state index in [1.807, 2.05) is 0 Å². The summed E-state index contributed by atoms with van der Waals surface area (Å²) < 4.78 is 5.08. The molecule has 3 N–H and O–H groups in total. The normalized spacial score (nSPS) is 13.0. The zero-order chi connectivity index (χ0) is 15.8. The highest BCUT2D eigenvalue weighted by molar-refractivity contribution is 5.90. The minimum atomic E-state index is -1.11. The van der Waals surface area contributed by atoms with Crippen LogP contribution in [0.5, 0.6) is 5.75 Å². The zero-order valence-electron chi connectivity index (χ0n) is 11.8. The standard InChI is InChI=1S/C14H18N2O5/c1-9(14(20)21-10-6-4-3-5-7-10)16-13(19)11(15-2)8-12(17)18/h3-7,9,11,15H,8H2,1-2H3,(H,16,19)(H,17,18)/t9-,11-/m0/s1. The first-order valence-corrected chi connectivity index (χ1v) is 6.40. The summed E-state index contributed by atoms with van der Waals surface area (Å²) in [5.41, 5.74) is 0. The molecular formula is C14H18N2O5. The van der Waals surface area contributed by atoms with E-state index in [0.717, 1.165) is 0 Å². The fourth-order valence-corrected chi connectivity index (χ4v) is 1.57. The lowest BCUT2D eigenvalue weighted by Crippen LogP contribution is -2.49. The van der Waals surface area contributed by atoms with E-state index in [-0.39, 0.29) is 6.42 Å². The Morgan fingerprint density at radius 1 is 1.24 bits per heavy atom. The fourth-order valence-electron chi connectivity index (χ4n) is 1.57. The van der Waals surface area contributed by atoms with Crippen LogP contribution in [0.15, 0.2) is 30.3 Å². The van der Waals surface area contributed by atoms with Gasteiger partial charge in [0.25, 0.3) is 0 Å². The van der Waals surface area contributed by atoms with Gasteiger partial charge in [-0.05, 0) is 26.1 Å². The van der Waals surface area contributed by atoms with Gasteiger partial charge < -0.3 is 20.5 Å². The second-order valence-electron chi connectivity index (χ2n) is 4.40. The SMILES string of the molecule is CN[C@@H](CC(=O)O)C(=O)N[C@@H](C)C(=O)Oc1ccccc1.